The van der Waals surface area contributed by atoms with Crippen molar-refractivity contribution in [2.75, 3.05) is 18.4 Å². The minimum absolute atomic E-state index is 0.199. The summed E-state index contributed by atoms with van der Waals surface area (Å²) in [6, 6.07) is 10.5. The van der Waals surface area contributed by atoms with Crippen molar-refractivity contribution in [2.24, 2.45) is 5.92 Å². The van der Waals surface area contributed by atoms with Crippen molar-refractivity contribution in [3.05, 3.63) is 71.5 Å². The van der Waals surface area contributed by atoms with Crippen LogP contribution in [0.25, 0.3) is 5.69 Å². The van der Waals surface area contributed by atoms with E-state index < -0.39 is 5.82 Å². The third kappa shape index (κ3) is 4.33. The minimum Gasteiger partial charge on any atom is -0.338 e. The third-order valence-corrected chi connectivity index (χ3v) is 5.29. The lowest BCUT2D eigenvalue weighted by molar-refractivity contribution is -0.121. The van der Waals surface area contributed by atoms with E-state index >= 15 is 0 Å². The summed E-state index contributed by atoms with van der Waals surface area (Å²) < 4.78 is 14.7. The first-order valence-electron chi connectivity index (χ1n) is 9.51. The molecule has 2 aromatic carbocycles. The van der Waals surface area contributed by atoms with Gasteiger partial charge in [-0.1, -0.05) is 11.6 Å². The monoisotopic (exact) mass is 427 g/mol. The van der Waals surface area contributed by atoms with Crippen LogP contribution in [0.5, 0.6) is 0 Å². The lowest BCUT2D eigenvalue weighted by atomic mass is 9.96. The Balaban J connectivity index is 1.48. The molecule has 1 N–H and O–H groups in total. The van der Waals surface area contributed by atoms with E-state index in [0.29, 0.717) is 47.9 Å². The van der Waals surface area contributed by atoms with Crippen LogP contribution < -0.4 is 5.32 Å². The summed E-state index contributed by atoms with van der Waals surface area (Å²) in [7, 11) is 0. The molecule has 3 aromatic rings. The van der Waals surface area contributed by atoms with E-state index in [-0.39, 0.29) is 17.7 Å². The van der Waals surface area contributed by atoms with Crippen molar-refractivity contribution in [3.63, 3.8) is 0 Å². The predicted octanol–water partition coefficient (Wildman–Crippen LogP) is 3.55. The van der Waals surface area contributed by atoms with Gasteiger partial charge in [-0.15, -0.1) is 0 Å². The summed E-state index contributed by atoms with van der Waals surface area (Å²) in [5, 5.41) is 7.50. The highest BCUT2D eigenvalue weighted by Gasteiger charge is 2.29. The van der Waals surface area contributed by atoms with Gasteiger partial charge in [0.05, 0.1) is 17.3 Å². The molecule has 30 heavy (non-hydrogen) atoms. The molecule has 0 spiro atoms. The molecule has 7 nitrogen and oxygen atoms in total. The second-order valence-corrected chi connectivity index (χ2v) is 7.52. The van der Waals surface area contributed by atoms with Crippen molar-refractivity contribution in [3.8, 4) is 5.69 Å². The zero-order valence-electron chi connectivity index (χ0n) is 16.0. The van der Waals surface area contributed by atoms with E-state index in [0.717, 1.165) is 0 Å². The molecule has 1 aliphatic rings. The number of piperidine rings is 1. The number of nitrogens with zero attached hydrogens (tertiary/aromatic N) is 4. The second kappa shape index (κ2) is 8.62. The van der Waals surface area contributed by atoms with Crippen LogP contribution in [0.1, 0.15) is 23.2 Å². The van der Waals surface area contributed by atoms with Crippen LogP contribution in [-0.2, 0) is 4.79 Å². The van der Waals surface area contributed by atoms with Crippen LogP contribution in [-0.4, -0.2) is 44.6 Å². The number of nitrogens with one attached hydrogen (secondary N) is 1. The normalized spacial score (nSPS) is 16.3. The Morgan fingerprint density at radius 3 is 2.70 bits per heavy atom. The average Bonchev–Trinajstić information content (AvgIpc) is 3.28. The molecule has 2 amide bonds. The zero-order chi connectivity index (χ0) is 21.1. The van der Waals surface area contributed by atoms with Crippen LogP contribution >= 0.6 is 11.6 Å². The fourth-order valence-corrected chi connectivity index (χ4v) is 3.70. The first-order valence-corrected chi connectivity index (χ1v) is 9.89. The van der Waals surface area contributed by atoms with Gasteiger partial charge in [0.2, 0.25) is 5.91 Å². The first-order chi connectivity index (χ1) is 14.5. The molecule has 0 saturated carbocycles. The van der Waals surface area contributed by atoms with E-state index in [9.17, 15) is 14.0 Å². The quantitative estimate of drug-likeness (QED) is 0.690. The molecule has 2 heterocycles. The third-order valence-electron chi connectivity index (χ3n) is 5.05. The van der Waals surface area contributed by atoms with Gasteiger partial charge in [-0.25, -0.2) is 14.1 Å². The molecule has 9 heteroatoms. The highest BCUT2D eigenvalue weighted by Crippen LogP contribution is 2.26. The number of halogens is 2. The van der Waals surface area contributed by atoms with Gasteiger partial charge in [-0.2, -0.15) is 5.10 Å². The van der Waals surface area contributed by atoms with Gasteiger partial charge in [-0.3, -0.25) is 9.59 Å². The van der Waals surface area contributed by atoms with Crippen LogP contribution in [0.15, 0.2) is 55.1 Å². The Morgan fingerprint density at radius 1 is 1.17 bits per heavy atom. The van der Waals surface area contributed by atoms with Crippen LogP contribution in [0.2, 0.25) is 5.02 Å². The maximum absolute atomic E-state index is 13.1. The summed E-state index contributed by atoms with van der Waals surface area (Å²) in [5.41, 5.74) is 1.56. The van der Waals surface area contributed by atoms with Crippen LogP contribution in [0.3, 0.4) is 0 Å². The maximum atomic E-state index is 13.1. The Labute approximate surface area is 177 Å². The lowest BCUT2D eigenvalue weighted by Gasteiger charge is -2.32. The van der Waals surface area contributed by atoms with Crippen molar-refractivity contribution in [2.45, 2.75) is 12.8 Å². The number of aromatic nitrogens is 3. The number of amides is 2. The van der Waals surface area contributed by atoms with Gasteiger partial charge in [0.15, 0.2) is 0 Å². The van der Waals surface area contributed by atoms with Gasteiger partial charge in [-0.05, 0) is 55.3 Å². The molecule has 1 aromatic heterocycles. The summed E-state index contributed by atoms with van der Waals surface area (Å²) in [4.78, 5) is 31.3. The van der Waals surface area contributed by atoms with E-state index in [4.69, 9.17) is 11.6 Å². The predicted molar refractivity (Wildman–Crippen MR) is 110 cm³/mol. The molecule has 1 atom stereocenters. The Bertz CT molecular complexity index is 1060. The molecule has 1 aliphatic heterocycles. The molecule has 154 valence electrons. The number of anilines is 1. The summed E-state index contributed by atoms with van der Waals surface area (Å²) in [5.74, 6) is -1.17. The fraction of sp³-hybridized carbons (Fsp3) is 0.238. The smallest absolute Gasteiger partial charge is 0.253 e. The van der Waals surface area contributed by atoms with Crippen molar-refractivity contribution in [1.29, 1.82) is 0 Å². The second-order valence-electron chi connectivity index (χ2n) is 7.09. The molecular formula is C21H19ClFN5O2. The SMILES string of the molecule is O=C(Nc1cc(Cl)ccc1-n1cncn1)C1CCCN(C(=O)c2ccc(F)cc2)C1. The topological polar surface area (TPSA) is 80.1 Å². The minimum atomic E-state index is -0.396. The van der Waals surface area contributed by atoms with Crippen molar-refractivity contribution in [1.82, 2.24) is 19.7 Å². The first kappa shape index (κ1) is 20.0. The number of carbonyl (C=O) groups is 2. The summed E-state index contributed by atoms with van der Waals surface area (Å²) in [6.45, 7) is 0.850. The van der Waals surface area contributed by atoms with E-state index in [1.807, 2.05) is 0 Å². The van der Waals surface area contributed by atoms with Crippen LogP contribution in [0.4, 0.5) is 10.1 Å². The van der Waals surface area contributed by atoms with Gasteiger partial charge < -0.3 is 10.2 Å². The number of carbonyl (C=O) groups excluding carboxylic acids is 2. The van der Waals surface area contributed by atoms with E-state index in [1.54, 1.807) is 23.1 Å². The summed E-state index contributed by atoms with van der Waals surface area (Å²) in [6.07, 6.45) is 4.30. The standard InChI is InChI=1S/C21H19ClFN5O2/c22-16-5-8-19(28-13-24-12-25-28)18(10-16)26-20(29)15-2-1-9-27(11-15)21(30)14-3-6-17(23)7-4-14/h3-8,10,12-13,15H,1-2,9,11H2,(H,26,29). The fourth-order valence-electron chi connectivity index (χ4n) is 3.53. The summed E-state index contributed by atoms with van der Waals surface area (Å²) >= 11 is 6.11. The van der Waals surface area contributed by atoms with E-state index in [1.165, 1.54) is 41.6 Å². The molecule has 0 bridgehead atoms. The number of benzene rings is 2. The average molecular weight is 428 g/mol. The number of hydrogen-bond acceptors (Lipinski definition) is 4. The molecule has 1 fully saturated rings. The van der Waals surface area contributed by atoms with Gasteiger partial charge >= 0.3 is 0 Å². The number of rotatable bonds is 4. The van der Waals surface area contributed by atoms with Gasteiger partial charge in [0.1, 0.15) is 18.5 Å². The zero-order valence-corrected chi connectivity index (χ0v) is 16.7. The Morgan fingerprint density at radius 2 is 1.97 bits per heavy atom. The highest BCUT2D eigenvalue weighted by molar-refractivity contribution is 6.31. The Hall–Kier alpha value is -3.26. The largest absolute Gasteiger partial charge is 0.338 e. The Kier molecular flexibility index (Phi) is 5.76. The van der Waals surface area contributed by atoms with Gasteiger partial charge in [0, 0.05) is 23.7 Å². The van der Waals surface area contributed by atoms with E-state index in [2.05, 4.69) is 15.4 Å². The lowest BCUT2D eigenvalue weighted by Crippen LogP contribution is -2.43. The molecular weight excluding hydrogens is 409 g/mol. The number of likely N-dealkylation sites (tertiary alicyclic amines) is 1. The molecule has 0 radical (unpaired) electrons. The highest BCUT2D eigenvalue weighted by atomic mass is 35.5. The maximum Gasteiger partial charge on any atom is 0.253 e. The molecule has 4 rings (SSSR count). The molecule has 1 unspecified atom stereocenters. The molecule has 0 aliphatic carbocycles. The van der Waals surface area contributed by atoms with Crippen LogP contribution in [0, 0.1) is 11.7 Å². The molecule has 1 saturated heterocycles. The number of hydrogen-bond donors (Lipinski definition) is 1. The van der Waals surface area contributed by atoms with Crippen molar-refractivity contribution < 1.29 is 14.0 Å². The van der Waals surface area contributed by atoms with Crippen molar-refractivity contribution >= 4 is 29.1 Å². The van der Waals surface area contributed by atoms with Gasteiger partial charge in [0.25, 0.3) is 5.91 Å².